The topological polar surface area (TPSA) is 56.1 Å². The van der Waals surface area contributed by atoms with Crippen molar-refractivity contribution in [2.45, 2.75) is 31.7 Å². The van der Waals surface area contributed by atoms with Gasteiger partial charge in [-0.05, 0) is 25.0 Å². The Balaban J connectivity index is 2.05. The van der Waals surface area contributed by atoms with Crippen molar-refractivity contribution in [2.24, 2.45) is 0 Å². The number of rotatable bonds is 4. The zero-order chi connectivity index (χ0) is 14.4. The van der Waals surface area contributed by atoms with Crippen LogP contribution >= 0.6 is 0 Å². The lowest BCUT2D eigenvalue weighted by Gasteiger charge is -2.16. The molecule has 2 rings (SSSR count). The highest BCUT2D eigenvalue weighted by molar-refractivity contribution is 5.97. The Morgan fingerprint density at radius 1 is 1.35 bits per heavy atom. The maximum Gasteiger partial charge on any atom is 0.263 e. The lowest BCUT2D eigenvalue weighted by molar-refractivity contribution is -0.117. The number of hydrogen-bond donors (Lipinski definition) is 1. The van der Waals surface area contributed by atoms with Crippen LogP contribution in [0.3, 0.4) is 0 Å². The van der Waals surface area contributed by atoms with Gasteiger partial charge in [0.1, 0.15) is 11.6 Å². The van der Waals surface area contributed by atoms with Crippen molar-refractivity contribution in [3.63, 3.8) is 0 Å². The standard InChI is InChI=1S/C16H19N3O/c1-19(15-9-3-2-4-10-15)12-13(11-17)16(20)18-14-7-5-6-8-14/h2-4,9-10,12,14H,5-8H2,1H3,(H,18,20)/b13-12-. The number of carbonyl (C=O) groups is 1. The molecule has 0 saturated heterocycles. The van der Waals surface area contributed by atoms with E-state index >= 15 is 0 Å². The van der Waals surface area contributed by atoms with Crippen LogP contribution in [0.1, 0.15) is 25.7 Å². The second-order valence-corrected chi connectivity index (χ2v) is 5.06. The fourth-order valence-electron chi connectivity index (χ4n) is 2.40. The lowest BCUT2D eigenvalue weighted by atomic mass is 10.2. The third-order valence-electron chi connectivity index (χ3n) is 3.54. The molecule has 1 aliphatic rings. The van der Waals surface area contributed by atoms with Gasteiger partial charge in [0.15, 0.2) is 0 Å². The number of nitrogens with zero attached hydrogens (tertiary/aromatic N) is 2. The number of hydrogen-bond acceptors (Lipinski definition) is 3. The van der Waals surface area contributed by atoms with E-state index in [-0.39, 0.29) is 17.5 Å². The molecule has 4 heteroatoms. The van der Waals surface area contributed by atoms with Crippen molar-refractivity contribution in [3.05, 3.63) is 42.1 Å². The molecule has 0 bridgehead atoms. The molecule has 1 aromatic carbocycles. The predicted molar refractivity (Wildman–Crippen MR) is 78.9 cm³/mol. The largest absolute Gasteiger partial charge is 0.350 e. The molecule has 4 nitrogen and oxygen atoms in total. The predicted octanol–water partition coefficient (Wildman–Crippen LogP) is 2.59. The summed E-state index contributed by atoms with van der Waals surface area (Å²) in [5.74, 6) is -0.276. The maximum absolute atomic E-state index is 12.1. The minimum Gasteiger partial charge on any atom is -0.350 e. The zero-order valence-corrected chi connectivity index (χ0v) is 11.7. The summed E-state index contributed by atoms with van der Waals surface area (Å²) in [6.45, 7) is 0. The summed E-state index contributed by atoms with van der Waals surface area (Å²) in [5, 5.41) is 12.1. The highest BCUT2D eigenvalue weighted by Crippen LogP contribution is 2.18. The van der Waals surface area contributed by atoms with Gasteiger partial charge in [-0.2, -0.15) is 5.26 Å². The van der Waals surface area contributed by atoms with Crippen molar-refractivity contribution in [1.82, 2.24) is 5.32 Å². The normalized spacial score (nSPS) is 15.7. The summed E-state index contributed by atoms with van der Waals surface area (Å²) in [4.78, 5) is 13.9. The monoisotopic (exact) mass is 269 g/mol. The number of amides is 1. The van der Waals surface area contributed by atoms with Gasteiger partial charge in [0.25, 0.3) is 5.91 Å². The minimum atomic E-state index is -0.276. The second-order valence-electron chi connectivity index (χ2n) is 5.06. The van der Waals surface area contributed by atoms with Crippen LogP contribution in [0, 0.1) is 11.3 Å². The van der Waals surface area contributed by atoms with E-state index in [0.717, 1.165) is 31.4 Å². The molecule has 1 N–H and O–H groups in total. The Morgan fingerprint density at radius 3 is 2.60 bits per heavy atom. The molecular formula is C16H19N3O. The fourth-order valence-corrected chi connectivity index (χ4v) is 2.40. The average molecular weight is 269 g/mol. The van der Waals surface area contributed by atoms with Crippen LogP contribution in [-0.2, 0) is 4.79 Å². The number of benzene rings is 1. The first-order valence-corrected chi connectivity index (χ1v) is 6.91. The number of nitrogens with one attached hydrogen (secondary N) is 1. The SMILES string of the molecule is CN(/C=C(/C#N)C(=O)NC1CCCC1)c1ccccc1. The zero-order valence-electron chi connectivity index (χ0n) is 11.7. The van der Waals surface area contributed by atoms with Crippen LogP contribution in [0.4, 0.5) is 5.69 Å². The van der Waals surface area contributed by atoms with E-state index in [4.69, 9.17) is 5.26 Å². The Morgan fingerprint density at radius 2 is 2.00 bits per heavy atom. The van der Waals surface area contributed by atoms with Crippen LogP contribution in [-0.4, -0.2) is 19.0 Å². The van der Waals surface area contributed by atoms with Crippen molar-refractivity contribution in [1.29, 1.82) is 5.26 Å². The molecule has 1 saturated carbocycles. The van der Waals surface area contributed by atoms with E-state index in [1.54, 1.807) is 11.1 Å². The number of para-hydroxylation sites is 1. The molecule has 20 heavy (non-hydrogen) atoms. The summed E-state index contributed by atoms with van der Waals surface area (Å²) < 4.78 is 0. The van der Waals surface area contributed by atoms with Gasteiger partial charge in [-0.1, -0.05) is 31.0 Å². The van der Waals surface area contributed by atoms with Crippen LogP contribution in [0.15, 0.2) is 42.1 Å². The van der Waals surface area contributed by atoms with Crippen molar-refractivity contribution < 1.29 is 4.79 Å². The van der Waals surface area contributed by atoms with Gasteiger partial charge in [0, 0.05) is 25.0 Å². The molecule has 0 unspecified atom stereocenters. The summed E-state index contributed by atoms with van der Waals surface area (Å²) in [5.41, 5.74) is 1.08. The summed E-state index contributed by atoms with van der Waals surface area (Å²) >= 11 is 0. The number of anilines is 1. The molecule has 104 valence electrons. The van der Waals surface area contributed by atoms with E-state index in [1.807, 2.05) is 43.4 Å². The highest BCUT2D eigenvalue weighted by Gasteiger charge is 2.19. The number of carbonyl (C=O) groups excluding carboxylic acids is 1. The van der Waals surface area contributed by atoms with E-state index in [0.29, 0.717) is 0 Å². The second kappa shape index (κ2) is 6.76. The number of nitriles is 1. The van der Waals surface area contributed by atoms with Gasteiger partial charge in [0.2, 0.25) is 0 Å². The molecule has 1 aromatic rings. The summed E-state index contributed by atoms with van der Waals surface area (Å²) in [7, 11) is 1.83. The Bertz CT molecular complexity index is 524. The summed E-state index contributed by atoms with van der Waals surface area (Å²) in [6, 6.07) is 11.8. The first-order valence-electron chi connectivity index (χ1n) is 6.91. The molecule has 0 radical (unpaired) electrons. The first kappa shape index (κ1) is 14.1. The van der Waals surface area contributed by atoms with E-state index in [1.165, 1.54) is 0 Å². The Labute approximate surface area is 119 Å². The van der Waals surface area contributed by atoms with Crippen LogP contribution in [0.25, 0.3) is 0 Å². The maximum atomic E-state index is 12.1. The van der Waals surface area contributed by atoms with Gasteiger partial charge in [-0.3, -0.25) is 4.79 Å². The van der Waals surface area contributed by atoms with Gasteiger partial charge >= 0.3 is 0 Å². The van der Waals surface area contributed by atoms with Crippen molar-refractivity contribution >= 4 is 11.6 Å². The fraction of sp³-hybridized carbons (Fsp3) is 0.375. The molecule has 1 fully saturated rings. The smallest absolute Gasteiger partial charge is 0.263 e. The van der Waals surface area contributed by atoms with Crippen molar-refractivity contribution in [2.75, 3.05) is 11.9 Å². The molecule has 1 aliphatic carbocycles. The van der Waals surface area contributed by atoms with Gasteiger partial charge < -0.3 is 10.2 Å². The Kier molecular flexibility index (Phi) is 4.78. The van der Waals surface area contributed by atoms with E-state index < -0.39 is 0 Å². The van der Waals surface area contributed by atoms with Crippen molar-refractivity contribution in [3.8, 4) is 6.07 Å². The average Bonchev–Trinajstić information content (AvgIpc) is 2.98. The third-order valence-corrected chi connectivity index (χ3v) is 3.54. The van der Waals surface area contributed by atoms with Crippen LogP contribution in [0.5, 0.6) is 0 Å². The molecule has 0 aliphatic heterocycles. The highest BCUT2D eigenvalue weighted by atomic mass is 16.1. The van der Waals surface area contributed by atoms with E-state index in [9.17, 15) is 4.79 Å². The Hall–Kier alpha value is -2.28. The molecule has 0 heterocycles. The van der Waals surface area contributed by atoms with Gasteiger partial charge in [-0.15, -0.1) is 0 Å². The summed E-state index contributed by atoms with van der Waals surface area (Å²) in [6.07, 6.45) is 5.92. The van der Waals surface area contributed by atoms with Gasteiger partial charge in [0.05, 0.1) is 0 Å². The minimum absolute atomic E-state index is 0.142. The first-order chi connectivity index (χ1) is 9.70. The molecule has 0 aromatic heterocycles. The van der Waals surface area contributed by atoms with Crippen LogP contribution in [0.2, 0.25) is 0 Å². The van der Waals surface area contributed by atoms with Gasteiger partial charge in [-0.25, -0.2) is 0 Å². The van der Waals surface area contributed by atoms with Crippen LogP contribution < -0.4 is 10.2 Å². The molecule has 1 amide bonds. The quantitative estimate of drug-likeness (QED) is 0.675. The lowest BCUT2D eigenvalue weighted by Crippen LogP contribution is -2.34. The van der Waals surface area contributed by atoms with E-state index in [2.05, 4.69) is 5.32 Å². The molecular weight excluding hydrogens is 250 g/mol. The molecule has 0 spiro atoms. The third kappa shape index (κ3) is 3.61. The molecule has 0 atom stereocenters.